The van der Waals surface area contributed by atoms with Crippen molar-refractivity contribution in [2.75, 3.05) is 13.6 Å². The summed E-state index contributed by atoms with van der Waals surface area (Å²) in [5.74, 6) is 0.541. The van der Waals surface area contributed by atoms with E-state index < -0.39 is 0 Å². The third-order valence-corrected chi connectivity index (χ3v) is 3.24. The molecule has 0 aliphatic heterocycles. The fourth-order valence-electron chi connectivity index (χ4n) is 1.91. The molecule has 1 heterocycles. The van der Waals surface area contributed by atoms with Crippen molar-refractivity contribution in [3.63, 3.8) is 0 Å². The number of amides is 1. The monoisotopic (exact) mass is 239 g/mol. The zero-order valence-corrected chi connectivity index (χ0v) is 9.89. The lowest BCUT2D eigenvalue weighted by Gasteiger charge is -2.34. The molecule has 16 heavy (non-hydrogen) atoms. The first-order valence-corrected chi connectivity index (χ1v) is 5.76. The summed E-state index contributed by atoms with van der Waals surface area (Å²) in [6.07, 6.45) is 5.03. The molecule has 0 bridgehead atoms. The van der Waals surface area contributed by atoms with E-state index in [1.54, 1.807) is 11.0 Å². The highest BCUT2D eigenvalue weighted by Crippen LogP contribution is 2.32. The predicted molar refractivity (Wildman–Crippen MR) is 61.4 cm³/mol. The van der Waals surface area contributed by atoms with Gasteiger partial charge in [0.2, 0.25) is 0 Å². The maximum Gasteiger partial charge on any atom is 0.255 e. The standard InChI is InChI=1S/C11H14ClN3O/c1-15(7-8-4-10(12)5-8)11(16)9-2-3-13-14-6-9/h2-3,6,8,10H,4-5,7H2,1H3. The van der Waals surface area contributed by atoms with Crippen LogP contribution in [-0.2, 0) is 0 Å². The Balaban J connectivity index is 1.90. The van der Waals surface area contributed by atoms with Crippen LogP contribution in [0.3, 0.4) is 0 Å². The van der Waals surface area contributed by atoms with Crippen LogP contribution < -0.4 is 0 Å². The number of halogens is 1. The third-order valence-electron chi connectivity index (χ3n) is 2.89. The fraction of sp³-hybridized carbons (Fsp3) is 0.545. The van der Waals surface area contributed by atoms with Crippen molar-refractivity contribution < 1.29 is 4.79 Å². The first kappa shape index (κ1) is 11.3. The second-order valence-corrected chi connectivity index (χ2v) is 4.87. The van der Waals surface area contributed by atoms with Gasteiger partial charge in [0.15, 0.2) is 0 Å². The highest BCUT2D eigenvalue weighted by molar-refractivity contribution is 6.21. The lowest BCUT2D eigenvalue weighted by molar-refractivity contribution is 0.0746. The van der Waals surface area contributed by atoms with E-state index in [1.165, 1.54) is 12.4 Å². The average molecular weight is 240 g/mol. The second kappa shape index (κ2) is 4.78. The molecule has 0 saturated heterocycles. The van der Waals surface area contributed by atoms with Gasteiger partial charge >= 0.3 is 0 Å². The quantitative estimate of drug-likeness (QED) is 0.753. The zero-order chi connectivity index (χ0) is 11.5. The van der Waals surface area contributed by atoms with Crippen LogP contribution in [0.1, 0.15) is 23.2 Å². The maximum absolute atomic E-state index is 11.9. The van der Waals surface area contributed by atoms with Crippen molar-refractivity contribution in [3.8, 4) is 0 Å². The average Bonchev–Trinajstić information content (AvgIpc) is 2.27. The molecule has 1 aromatic rings. The number of hydrogen-bond donors (Lipinski definition) is 0. The Morgan fingerprint density at radius 2 is 2.31 bits per heavy atom. The molecule has 0 N–H and O–H groups in total. The van der Waals surface area contributed by atoms with Crippen LogP contribution in [0.4, 0.5) is 0 Å². The smallest absolute Gasteiger partial charge is 0.255 e. The molecule has 0 atom stereocenters. The topological polar surface area (TPSA) is 46.1 Å². The molecule has 0 unspecified atom stereocenters. The van der Waals surface area contributed by atoms with Crippen LogP contribution in [0.5, 0.6) is 0 Å². The van der Waals surface area contributed by atoms with Crippen LogP contribution in [0.15, 0.2) is 18.5 Å². The van der Waals surface area contributed by atoms with Gasteiger partial charge in [-0.25, -0.2) is 0 Å². The summed E-state index contributed by atoms with van der Waals surface area (Å²) in [4.78, 5) is 13.7. The largest absolute Gasteiger partial charge is 0.341 e. The molecule has 1 aliphatic carbocycles. The van der Waals surface area contributed by atoms with Crippen molar-refractivity contribution in [1.82, 2.24) is 15.1 Å². The zero-order valence-electron chi connectivity index (χ0n) is 9.14. The Labute approximate surface area is 99.6 Å². The van der Waals surface area contributed by atoms with Gasteiger partial charge in [-0.3, -0.25) is 4.79 Å². The Bertz CT molecular complexity index is 365. The number of carbonyl (C=O) groups is 1. The number of alkyl halides is 1. The summed E-state index contributed by atoms with van der Waals surface area (Å²) in [7, 11) is 1.81. The normalized spacial score (nSPS) is 23.6. The van der Waals surface area contributed by atoms with Gasteiger partial charge < -0.3 is 4.90 Å². The lowest BCUT2D eigenvalue weighted by Crippen LogP contribution is -2.37. The molecule has 1 aliphatic rings. The summed E-state index contributed by atoms with van der Waals surface area (Å²) in [5, 5.41) is 7.64. The van der Waals surface area contributed by atoms with Gasteiger partial charge in [0, 0.05) is 19.0 Å². The molecule has 4 nitrogen and oxygen atoms in total. The minimum Gasteiger partial charge on any atom is -0.341 e. The predicted octanol–water partition coefficient (Wildman–Crippen LogP) is 1.57. The Morgan fingerprint density at radius 3 is 2.88 bits per heavy atom. The van der Waals surface area contributed by atoms with Crippen molar-refractivity contribution in [3.05, 3.63) is 24.0 Å². The molecule has 5 heteroatoms. The number of nitrogens with zero attached hydrogens (tertiary/aromatic N) is 3. The van der Waals surface area contributed by atoms with Crippen molar-refractivity contribution >= 4 is 17.5 Å². The number of carbonyl (C=O) groups excluding carboxylic acids is 1. The Hall–Kier alpha value is -1.16. The number of rotatable bonds is 3. The van der Waals surface area contributed by atoms with E-state index in [9.17, 15) is 4.79 Å². The molecular weight excluding hydrogens is 226 g/mol. The summed E-state index contributed by atoms with van der Waals surface area (Å²) in [6, 6.07) is 1.68. The molecule has 0 aromatic carbocycles. The fourth-order valence-corrected chi connectivity index (χ4v) is 2.42. The van der Waals surface area contributed by atoms with Crippen LogP contribution in [0.2, 0.25) is 0 Å². The Kier molecular flexibility index (Phi) is 3.39. The molecular formula is C11H14ClN3O. The minimum absolute atomic E-state index is 0.00655. The second-order valence-electron chi connectivity index (χ2n) is 4.25. The number of aromatic nitrogens is 2. The van der Waals surface area contributed by atoms with Gasteiger partial charge in [0.25, 0.3) is 5.91 Å². The van der Waals surface area contributed by atoms with Gasteiger partial charge in [-0.2, -0.15) is 10.2 Å². The van der Waals surface area contributed by atoms with E-state index in [0.717, 1.165) is 19.4 Å². The van der Waals surface area contributed by atoms with E-state index in [-0.39, 0.29) is 5.91 Å². The molecule has 2 rings (SSSR count). The first-order valence-electron chi connectivity index (χ1n) is 5.33. The summed E-state index contributed by atoms with van der Waals surface area (Å²) in [6.45, 7) is 0.768. The molecule has 1 fully saturated rings. The van der Waals surface area contributed by atoms with E-state index in [1.807, 2.05) is 7.05 Å². The molecule has 0 radical (unpaired) electrons. The van der Waals surface area contributed by atoms with Crippen LogP contribution in [0, 0.1) is 5.92 Å². The maximum atomic E-state index is 11.9. The van der Waals surface area contributed by atoms with E-state index >= 15 is 0 Å². The van der Waals surface area contributed by atoms with Gasteiger partial charge in [-0.15, -0.1) is 11.6 Å². The van der Waals surface area contributed by atoms with Gasteiger partial charge in [-0.1, -0.05) is 0 Å². The van der Waals surface area contributed by atoms with Gasteiger partial charge in [0.05, 0.1) is 18.0 Å². The SMILES string of the molecule is CN(CC1CC(Cl)C1)C(=O)c1ccnnc1. The Morgan fingerprint density at radius 1 is 1.56 bits per heavy atom. The highest BCUT2D eigenvalue weighted by atomic mass is 35.5. The third kappa shape index (κ3) is 2.50. The van der Waals surface area contributed by atoms with Crippen LogP contribution in [-0.4, -0.2) is 40.0 Å². The highest BCUT2D eigenvalue weighted by Gasteiger charge is 2.29. The number of hydrogen-bond acceptors (Lipinski definition) is 3. The molecule has 86 valence electrons. The molecule has 1 saturated carbocycles. The van der Waals surface area contributed by atoms with Crippen LogP contribution >= 0.6 is 11.6 Å². The molecule has 1 aromatic heterocycles. The van der Waals surface area contributed by atoms with Gasteiger partial charge in [0.1, 0.15) is 0 Å². The molecule has 0 spiro atoms. The summed E-state index contributed by atoms with van der Waals surface area (Å²) in [5.41, 5.74) is 0.583. The van der Waals surface area contributed by atoms with E-state index in [4.69, 9.17) is 11.6 Å². The molecule has 1 amide bonds. The summed E-state index contributed by atoms with van der Waals surface area (Å²) >= 11 is 5.90. The van der Waals surface area contributed by atoms with Crippen molar-refractivity contribution in [2.45, 2.75) is 18.2 Å². The van der Waals surface area contributed by atoms with Crippen molar-refractivity contribution in [1.29, 1.82) is 0 Å². The van der Waals surface area contributed by atoms with Gasteiger partial charge in [-0.05, 0) is 24.8 Å². The van der Waals surface area contributed by atoms with E-state index in [0.29, 0.717) is 16.9 Å². The summed E-state index contributed by atoms with van der Waals surface area (Å²) < 4.78 is 0. The van der Waals surface area contributed by atoms with Crippen molar-refractivity contribution in [2.24, 2.45) is 5.92 Å². The van der Waals surface area contributed by atoms with Crippen LogP contribution in [0.25, 0.3) is 0 Å². The first-order chi connectivity index (χ1) is 7.66. The minimum atomic E-state index is -0.00655. The lowest BCUT2D eigenvalue weighted by atomic mass is 9.84. The van der Waals surface area contributed by atoms with E-state index in [2.05, 4.69) is 10.2 Å².